The van der Waals surface area contributed by atoms with E-state index < -0.39 is 5.91 Å². The van der Waals surface area contributed by atoms with Crippen molar-refractivity contribution >= 4 is 28.2 Å². The van der Waals surface area contributed by atoms with E-state index in [1.165, 1.54) is 16.2 Å². The van der Waals surface area contributed by atoms with Crippen molar-refractivity contribution in [2.75, 3.05) is 26.1 Å². The first-order chi connectivity index (χ1) is 16.0. The van der Waals surface area contributed by atoms with Gasteiger partial charge in [-0.15, -0.1) is 11.3 Å². The highest BCUT2D eigenvalue weighted by atomic mass is 32.1. The molecule has 0 atom stereocenters. The predicted molar refractivity (Wildman–Crippen MR) is 127 cm³/mol. The molecule has 33 heavy (non-hydrogen) atoms. The van der Waals surface area contributed by atoms with Crippen molar-refractivity contribution in [1.82, 2.24) is 10.5 Å². The van der Waals surface area contributed by atoms with Crippen molar-refractivity contribution in [3.8, 4) is 22.8 Å². The van der Waals surface area contributed by atoms with Gasteiger partial charge in [0.05, 0.1) is 19.8 Å². The summed E-state index contributed by atoms with van der Waals surface area (Å²) < 4.78 is 16.0. The van der Waals surface area contributed by atoms with Crippen LogP contribution in [0.3, 0.4) is 0 Å². The van der Waals surface area contributed by atoms with E-state index in [-0.39, 0.29) is 11.6 Å². The second kappa shape index (κ2) is 10.1. The third-order valence-electron chi connectivity index (χ3n) is 5.57. The summed E-state index contributed by atoms with van der Waals surface area (Å²) in [6.45, 7) is 2.60. The van der Waals surface area contributed by atoms with Crippen LogP contribution in [0.2, 0.25) is 0 Å². The van der Waals surface area contributed by atoms with Crippen LogP contribution in [-0.2, 0) is 12.8 Å². The Labute approximate surface area is 196 Å². The lowest BCUT2D eigenvalue weighted by molar-refractivity contribution is 0.0954. The highest BCUT2D eigenvalue weighted by molar-refractivity contribution is 7.17. The number of carbonyl (C=O) groups excluding carboxylic acids is 2. The largest absolute Gasteiger partial charge is 0.493 e. The minimum absolute atomic E-state index is 0.131. The van der Waals surface area contributed by atoms with Gasteiger partial charge in [-0.3, -0.25) is 9.59 Å². The number of hydrogen-bond acceptors (Lipinski definition) is 7. The lowest BCUT2D eigenvalue weighted by atomic mass is 9.95. The van der Waals surface area contributed by atoms with Crippen LogP contribution in [0.5, 0.6) is 11.5 Å². The molecule has 0 bridgehead atoms. The normalized spacial score (nSPS) is 12.7. The van der Waals surface area contributed by atoms with Gasteiger partial charge in [0.15, 0.2) is 23.0 Å². The summed E-state index contributed by atoms with van der Waals surface area (Å²) in [5.74, 6) is 0.998. The number of aryl methyl sites for hydroxylation is 1. The summed E-state index contributed by atoms with van der Waals surface area (Å²) in [6.07, 6.45) is 4.76. The molecular formula is C24H27N3O5S. The van der Waals surface area contributed by atoms with E-state index in [9.17, 15) is 9.59 Å². The number of aromatic nitrogens is 1. The number of fused-ring (bicyclic) bond motifs is 1. The topological polar surface area (TPSA) is 103 Å². The molecule has 8 nitrogen and oxygen atoms in total. The number of nitrogens with zero attached hydrogens (tertiary/aromatic N) is 1. The maximum Gasteiger partial charge on any atom is 0.278 e. The molecule has 1 aliphatic carbocycles. The molecule has 1 aromatic carbocycles. The molecule has 174 valence electrons. The average Bonchev–Trinajstić information content (AvgIpc) is 3.47. The first-order valence-corrected chi connectivity index (χ1v) is 11.8. The molecular weight excluding hydrogens is 442 g/mol. The van der Waals surface area contributed by atoms with Gasteiger partial charge in [0.1, 0.15) is 5.00 Å². The molecule has 0 fully saturated rings. The highest BCUT2D eigenvalue weighted by Gasteiger charge is 2.27. The SMILES string of the molecule is CCCNC(=O)c1c(NC(=O)c2cc(-c3ccc(OC)c(OC)c3)on2)sc2c1CCCC2. The van der Waals surface area contributed by atoms with Gasteiger partial charge in [-0.05, 0) is 55.9 Å². The number of ether oxygens (including phenoxy) is 2. The van der Waals surface area contributed by atoms with Gasteiger partial charge in [-0.2, -0.15) is 0 Å². The Hall–Kier alpha value is -3.33. The van der Waals surface area contributed by atoms with E-state index >= 15 is 0 Å². The highest BCUT2D eigenvalue weighted by Crippen LogP contribution is 2.38. The number of nitrogens with one attached hydrogen (secondary N) is 2. The van der Waals surface area contributed by atoms with Crippen LogP contribution in [0, 0.1) is 0 Å². The van der Waals surface area contributed by atoms with Crippen molar-refractivity contribution < 1.29 is 23.6 Å². The third kappa shape index (κ3) is 4.73. The molecule has 0 saturated carbocycles. The average molecular weight is 470 g/mol. The van der Waals surface area contributed by atoms with Gasteiger partial charge in [0, 0.05) is 23.1 Å². The Morgan fingerprint density at radius 2 is 1.88 bits per heavy atom. The van der Waals surface area contributed by atoms with Gasteiger partial charge in [0.25, 0.3) is 11.8 Å². The Bertz CT molecular complexity index is 1170. The van der Waals surface area contributed by atoms with Crippen LogP contribution in [-0.4, -0.2) is 37.7 Å². The molecule has 3 aromatic rings. The number of hydrogen-bond donors (Lipinski definition) is 2. The molecule has 4 rings (SSSR count). The maximum absolute atomic E-state index is 13.0. The van der Waals surface area contributed by atoms with E-state index in [0.717, 1.165) is 37.7 Å². The second-order valence-electron chi connectivity index (χ2n) is 7.77. The Morgan fingerprint density at radius 1 is 1.09 bits per heavy atom. The van der Waals surface area contributed by atoms with Crippen LogP contribution in [0.15, 0.2) is 28.8 Å². The summed E-state index contributed by atoms with van der Waals surface area (Å²) >= 11 is 1.48. The monoisotopic (exact) mass is 469 g/mol. The molecule has 2 heterocycles. The quantitative estimate of drug-likeness (QED) is 0.496. The number of carbonyl (C=O) groups is 2. The number of methoxy groups -OCH3 is 2. The number of anilines is 1. The van der Waals surface area contributed by atoms with Crippen LogP contribution in [0.1, 0.15) is 57.5 Å². The smallest absolute Gasteiger partial charge is 0.278 e. The molecule has 2 aromatic heterocycles. The molecule has 0 radical (unpaired) electrons. The maximum atomic E-state index is 13.0. The van der Waals surface area contributed by atoms with Gasteiger partial charge in [0.2, 0.25) is 0 Å². The zero-order chi connectivity index (χ0) is 23.4. The summed E-state index contributed by atoms with van der Waals surface area (Å²) in [4.78, 5) is 27.0. The van der Waals surface area contributed by atoms with Crippen molar-refractivity contribution in [3.05, 3.63) is 46.0 Å². The summed E-state index contributed by atoms with van der Waals surface area (Å²) in [7, 11) is 3.11. The van der Waals surface area contributed by atoms with Crippen LogP contribution >= 0.6 is 11.3 Å². The molecule has 9 heteroatoms. The van der Waals surface area contributed by atoms with E-state index in [4.69, 9.17) is 14.0 Å². The molecule has 0 unspecified atom stereocenters. The molecule has 1 aliphatic rings. The number of amides is 2. The van der Waals surface area contributed by atoms with Crippen molar-refractivity contribution in [3.63, 3.8) is 0 Å². The standard InChI is InChI=1S/C24H27N3O5S/c1-4-11-25-23(29)21-15-7-5-6-8-20(15)33-24(21)26-22(28)16-13-18(32-27-16)14-9-10-17(30-2)19(12-14)31-3/h9-10,12-13H,4-8,11H2,1-3H3,(H,25,29)(H,26,28). The first-order valence-electron chi connectivity index (χ1n) is 11.0. The minimum Gasteiger partial charge on any atom is -0.493 e. The lowest BCUT2D eigenvalue weighted by Crippen LogP contribution is -2.26. The van der Waals surface area contributed by atoms with E-state index in [2.05, 4.69) is 15.8 Å². The van der Waals surface area contributed by atoms with Crippen molar-refractivity contribution in [1.29, 1.82) is 0 Å². The molecule has 0 aliphatic heterocycles. The van der Waals surface area contributed by atoms with Crippen LogP contribution < -0.4 is 20.1 Å². The van der Waals surface area contributed by atoms with Gasteiger partial charge < -0.3 is 24.6 Å². The molecule has 2 N–H and O–H groups in total. The molecule has 2 amide bonds. The first kappa shape index (κ1) is 22.8. The van der Waals surface area contributed by atoms with Crippen molar-refractivity contribution in [2.24, 2.45) is 0 Å². The fraction of sp³-hybridized carbons (Fsp3) is 0.375. The van der Waals surface area contributed by atoms with E-state index in [1.807, 2.05) is 6.92 Å². The van der Waals surface area contributed by atoms with Crippen LogP contribution in [0.25, 0.3) is 11.3 Å². The van der Waals surface area contributed by atoms with E-state index in [0.29, 0.717) is 39.9 Å². The number of thiophene rings is 1. The van der Waals surface area contributed by atoms with Gasteiger partial charge in [-0.1, -0.05) is 12.1 Å². The van der Waals surface area contributed by atoms with Crippen molar-refractivity contribution in [2.45, 2.75) is 39.0 Å². The van der Waals surface area contributed by atoms with Crippen LogP contribution in [0.4, 0.5) is 5.00 Å². The minimum atomic E-state index is -0.423. The van der Waals surface area contributed by atoms with Gasteiger partial charge >= 0.3 is 0 Å². The lowest BCUT2D eigenvalue weighted by Gasteiger charge is -2.13. The second-order valence-corrected chi connectivity index (χ2v) is 8.88. The summed E-state index contributed by atoms with van der Waals surface area (Å²) in [5.41, 5.74) is 2.47. The molecule has 0 spiro atoms. The Balaban J connectivity index is 1.58. The predicted octanol–water partition coefficient (Wildman–Crippen LogP) is 4.69. The fourth-order valence-electron chi connectivity index (χ4n) is 3.90. The summed E-state index contributed by atoms with van der Waals surface area (Å²) in [5, 5.41) is 10.3. The number of benzene rings is 1. The Kier molecular flexibility index (Phi) is 6.98. The zero-order valence-electron chi connectivity index (χ0n) is 18.9. The third-order valence-corrected chi connectivity index (χ3v) is 6.78. The van der Waals surface area contributed by atoms with E-state index in [1.54, 1.807) is 38.5 Å². The zero-order valence-corrected chi connectivity index (χ0v) is 19.8. The summed E-state index contributed by atoms with van der Waals surface area (Å²) in [6, 6.07) is 6.88. The number of rotatable bonds is 8. The molecule has 0 saturated heterocycles. The fourth-order valence-corrected chi connectivity index (χ4v) is 5.18. The Morgan fingerprint density at radius 3 is 2.64 bits per heavy atom. The van der Waals surface area contributed by atoms with Gasteiger partial charge in [-0.25, -0.2) is 0 Å².